The van der Waals surface area contributed by atoms with Crippen LogP contribution in [0.3, 0.4) is 0 Å². The molecule has 0 aliphatic carbocycles. The van der Waals surface area contributed by atoms with E-state index in [0.29, 0.717) is 0 Å². The molecule has 1 aromatic carbocycles. The molecule has 1 aliphatic heterocycles. The molecular formula is C16H17F3N2O5. The summed E-state index contributed by atoms with van der Waals surface area (Å²) in [4.78, 5) is 35.5. The van der Waals surface area contributed by atoms with Gasteiger partial charge < -0.3 is 20.1 Å². The van der Waals surface area contributed by atoms with Crippen molar-refractivity contribution < 1.29 is 37.4 Å². The number of esters is 1. The van der Waals surface area contributed by atoms with E-state index in [1.807, 2.05) is 0 Å². The summed E-state index contributed by atoms with van der Waals surface area (Å²) in [5.74, 6) is -5.95. The van der Waals surface area contributed by atoms with Crippen LogP contribution in [-0.4, -0.2) is 53.8 Å². The van der Waals surface area contributed by atoms with Crippen LogP contribution in [0.15, 0.2) is 24.3 Å². The Bertz CT molecular complexity index is 690. The smallest absolute Gasteiger partial charge is 0.394 e. The first kappa shape index (κ1) is 19.5. The van der Waals surface area contributed by atoms with E-state index in [0.717, 1.165) is 4.90 Å². The number of carbonyl (C=O) groups is 3. The number of carbonyl (C=O) groups excluding carboxylic acids is 2. The number of nitrogens with zero attached hydrogens (tertiary/aromatic N) is 1. The highest BCUT2D eigenvalue weighted by molar-refractivity contribution is 5.92. The molecule has 1 saturated heterocycles. The van der Waals surface area contributed by atoms with Crippen molar-refractivity contribution in [1.29, 1.82) is 0 Å². The normalized spacial score (nSPS) is 19.9. The summed E-state index contributed by atoms with van der Waals surface area (Å²) in [6.45, 7) is 0.595. The average molecular weight is 374 g/mol. The fraction of sp³-hybridized carbons (Fsp3) is 0.438. The number of carboxylic acids is 1. The van der Waals surface area contributed by atoms with Gasteiger partial charge in [-0.1, -0.05) is 0 Å². The molecule has 10 heteroatoms. The number of ether oxygens (including phenoxy) is 1. The largest absolute Gasteiger partial charge is 0.481 e. The van der Waals surface area contributed by atoms with Crippen molar-refractivity contribution in [3.8, 4) is 0 Å². The van der Waals surface area contributed by atoms with Gasteiger partial charge >= 0.3 is 24.1 Å². The number of carboxylic acid groups (broad SMARTS) is 1. The van der Waals surface area contributed by atoms with Crippen molar-refractivity contribution >= 4 is 23.7 Å². The van der Waals surface area contributed by atoms with Crippen LogP contribution in [0.1, 0.15) is 17.3 Å². The van der Waals surface area contributed by atoms with Crippen molar-refractivity contribution in [2.75, 3.05) is 25.0 Å². The summed E-state index contributed by atoms with van der Waals surface area (Å²) < 4.78 is 43.7. The van der Waals surface area contributed by atoms with Crippen molar-refractivity contribution in [1.82, 2.24) is 4.90 Å². The van der Waals surface area contributed by atoms with Crippen LogP contribution in [-0.2, 0) is 9.53 Å². The molecule has 0 aromatic heterocycles. The number of benzene rings is 1. The molecule has 0 saturated carbocycles. The van der Waals surface area contributed by atoms with Gasteiger partial charge in [0.25, 0.3) is 0 Å². The number of anilines is 1. The maximum absolute atomic E-state index is 13.0. The lowest BCUT2D eigenvalue weighted by atomic mass is 9.96. The van der Waals surface area contributed by atoms with E-state index in [9.17, 15) is 27.6 Å². The molecule has 1 fully saturated rings. The molecule has 2 N–H and O–H groups in total. The number of likely N-dealkylation sites (tertiary alicyclic amines) is 1. The molecule has 0 spiro atoms. The average Bonchev–Trinajstić information content (AvgIpc) is 3.02. The van der Waals surface area contributed by atoms with E-state index >= 15 is 0 Å². The molecule has 0 unspecified atom stereocenters. The maximum atomic E-state index is 13.0. The van der Waals surface area contributed by atoms with Crippen LogP contribution in [0.4, 0.5) is 23.7 Å². The van der Waals surface area contributed by atoms with E-state index in [-0.39, 0.29) is 17.9 Å². The third-order valence-electron chi connectivity index (χ3n) is 3.99. The minimum Gasteiger partial charge on any atom is -0.481 e. The first-order chi connectivity index (χ1) is 12.1. The van der Waals surface area contributed by atoms with Gasteiger partial charge in [0.1, 0.15) is 0 Å². The Labute approximate surface area is 146 Å². The van der Waals surface area contributed by atoms with E-state index in [1.165, 1.54) is 24.3 Å². The standard InChI is InChI=1S/C16H17F3N2O5/c1-2-26-14(24)9-3-5-10(6-4-9)20-15(25)21-7-11(13(22)23)12(8-21)16(17,18)19/h3-6,11-12H,2,7-8H2,1H3,(H,20,25)(H,22,23)/t11-,12-/m1/s1. The minimum absolute atomic E-state index is 0.206. The Balaban J connectivity index is 2.04. The molecule has 2 atom stereocenters. The van der Waals surface area contributed by atoms with Crippen LogP contribution < -0.4 is 5.32 Å². The highest BCUT2D eigenvalue weighted by atomic mass is 19.4. The van der Waals surface area contributed by atoms with Gasteiger partial charge in [-0.3, -0.25) is 4.79 Å². The maximum Gasteiger partial charge on any atom is 0.394 e. The molecule has 0 radical (unpaired) electrons. The molecule has 1 aromatic rings. The number of rotatable bonds is 4. The topological polar surface area (TPSA) is 95.9 Å². The highest BCUT2D eigenvalue weighted by Gasteiger charge is 2.53. The molecule has 0 bridgehead atoms. The molecule has 26 heavy (non-hydrogen) atoms. The van der Waals surface area contributed by atoms with Crippen LogP contribution >= 0.6 is 0 Å². The summed E-state index contributed by atoms with van der Waals surface area (Å²) >= 11 is 0. The molecule has 142 valence electrons. The Kier molecular flexibility index (Phi) is 5.73. The lowest BCUT2D eigenvalue weighted by Crippen LogP contribution is -2.35. The summed E-state index contributed by atoms with van der Waals surface area (Å²) in [6.07, 6.45) is -4.71. The zero-order valence-electron chi connectivity index (χ0n) is 13.7. The second kappa shape index (κ2) is 7.63. The molecule has 2 rings (SSSR count). The van der Waals surface area contributed by atoms with Gasteiger partial charge in [0.2, 0.25) is 0 Å². The van der Waals surface area contributed by atoms with Gasteiger partial charge in [-0.25, -0.2) is 9.59 Å². The summed E-state index contributed by atoms with van der Waals surface area (Å²) in [7, 11) is 0. The molecular weight excluding hydrogens is 357 g/mol. The van der Waals surface area contributed by atoms with Gasteiger partial charge in [0.15, 0.2) is 0 Å². The fourth-order valence-electron chi connectivity index (χ4n) is 2.66. The second-order valence-corrected chi connectivity index (χ2v) is 5.73. The molecule has 1 aliphatic rings. The minimum atomic E-state index is -4.71. The Morgan fingerprint density at radius 1 is 1.23 bits per heavy atom. The number of aliphatic carboxylic acids is 1. The second-order valence-electron chi connectivity index (χ2n) is 5.73. The van der Waals surface area contributed by atoms with Crippen LogP contribution in [0.2, 0.25) is 0 Å². The number of hydrogen-bond acceptors (Lipinski definition) is 4. The quantitative estimate of drug-likeness (QED) is 0.790. The Morgan fingerprint density at radius 2 is 1.85 bits per heavy atom. The highest BCUT2D eigenvalue weighted by Crippen LogP contribution is 2.37. The third-order valence-corrected chi connectivity index (χ3v) is 3.99. The van der Waals surface area contributed by atoms with Gasteiger partial charge in [0.05, 0.1) is 24.0 Å². The van der Waals surface area contributed by atoms with Gasteiger partial charge in [-0.15, -0.1) is 0 Å². The number of halogens is 3. The number of nitrogens with one attached hydrogen (secondary N) is 1. The number of hydrogen-bond donors (Lipinski definition) is 2. The zero-order chi connectivity index (χ0) is 19.5. The van der Waals surface area contributed by atoms with Crippen molar-refractivity contribution in [3.05, 3.63) is 29.8 Å². The summed E-state index contributed by atoms with van der Waals surface area (Å²) in [5.41, 5.74) is 0.513. The predicted octanol–water partition coefficient (Wildman–Crippen LogP) is 2.59. The van der Waals surface area contributed by atoms with Crippen molar-refractivity contribution in [2.45, 2.75) is 13.1 Å². The number of amides is 2. The fourth-order valence-corrected chi connectivity index (χ4v) is 2.66. The number of urea groups is 1. The van der Waals surface area contributed by atoms with E-state index in [2.05, 4.69) is 5.32 Å². The van der Waals surface area contributed by atoms with Gasteiger partial charge in [-0.05, 0) is 31.2 Å². The Hall–Kier alpha value is -2.78. The first-order valence-electron chi connectivity index (χ1n) is 7.76. The number of alkyl halides is 3. The van der Waals surface area contributed by atoms with Crippen LogP contribution in [0.25, 0.3) is 0 Å². The molecule has 1 heterocycles. The van der Waals surface area contributed by atoms with E-state index < -0.39 is 49.1 Å². The van der Waals surface area contributed by atoms with Crippen molar-refractivity contribution in [2.24, 2.45) is 11.8 Å². The first-order valence-corrected chi connectivity index (χ1v) is 7.76. The lowest BCUT2D eigenvalue weighted by Gasteiger charge is -2.18. The van der Waals surface area contributed by atoms with Gasteiger partial charge in [0, 0.05) is 18.8 Å². The van der Waals surface area contributed by atoms with Gasteiger partial charge in [-0.2, -0.15) is 13.2 Å². The van der Waals surface area contributed by atoms with E-state index in [1.54, 1.807) is 6.92 Å². The van der Waals surface area contributed by atoms with Crippen LogP contribution in [0.5, 0.6) is 0 Å². The molecule has 7 nitrogen and oxygen atoms in total. The molecule has 2 amide bonds. The predicted molar refractivity (Wildman–Crippen MR) is 83.7 cm³/mol. The van der Waals surface area contributed by atoms with Crippen molar-refractivity contribution in [3.63, 3.8) is 0 Å². The SMILES string of the molecule is CCOC(=O)c1ccc(NC(=O)N2C[C@@H](C(F)(F)F)[C@H](C(=O)O)C2)cc1. The van der Waals surface area contributed by atoms with E-state index in [4.69, 9.17) is 9.84 Å². The monoisotopic (exact) mass is 374 g/mol. The Morgan fingerprint density at radius 3 is 2.31 bits per heavy atom. The summed E-state index contributed by atoms with van der Waals surface area (Å²) in [5, 5.41) is 11.3. The zero-order valence-corrected chi connectivity index (χ0v) is 13.7. The lowest BCUT2D eigenvalue weighted by molar-refractivity contribution is -0.187. The third kappa shape index (κ3) is 4.44. The summed E-state index contributed by atoms with van der Waals surface area (Å²) in [6, 6.07) is 4.75. The van der Waals surface area contributed by atoms with Crippen LogP contribution in [0, 0.1) is 11.8 Å².